The van der Waals surface area contributed by atoms with E-state index in [1.54, 1.807) is 34.4 Å². The van der Waals surface area contributed by atoms with Gasteiger partial charge in [0, 0.05) is 44.9 Å². The summed E-state index contributed by atoms with van der Waals surface area (Å²) >= 11 is 0. The smallest absolute Gasteiger partial charge is 0.241 e. The zero-order valence-corrected chi connectivity index (χ0v) is 12.2. The summed E-state index contributed by atoms with van der Waals surface area (Å²) in [6, 6.07) is 0.0821. The second-order valence-corrected chi connectivity index (χ2v) is 5.19. The molecule has 1 saturated heterocycles. The van der Waals surface area contributed by atoms with E-state index in [-0.39, 0.29) is 11.9 Å². The largest absolute Gasteiger partial charge is 0.307 e. The van der Waals surface area contributed by atoms with Crippen LogP contribution in [0.4, 0.5) is 5.69 Å². The molecular weight excluding hydrogens is 268 g/mol. The van der Waals surface area contributed by atoms with Crippen LogP contribution in [-0.2, 0) is 11.8 Å². The summed E-state index contributed by atoms with van der Waals surface area (Å²) in [6.07, 6.45) is 8.67. The number of rotatable bonds is 3. The summed E-state index contributed by atoms with van der Waals surface area (Å²) in [5, 5.41) is 4.12. The predicted molar refractivity (Wildman–Crippen MR) is 77.6 cm³/mol. The number of amides is 1. The van der Waals surface area contributed by atoms with Crippen LogP contribution in [0.3, 0.4) is 0 Å². The third-order valence-corrected chi connectivity index (χ3v) is 3.81. The van der Waals surface area contributed by atoms with Gasteiger partial charge in [0.15, 0.2) is 0 Å². The number of carbonyl (C=O) groups excluding carboxylic acids is 1. The molecule has 0 saturated carbocycles. The second-order valence-electron chi connectivity index (χ2n) is 5.19. The normalized spacial score (nSPS) is 18.0. The number of hydrogen-bond donors (Lipinski definition) is 0. The Kier molecular flexibility index (Phi) is 3.66. The van der Waals surface area contributed by atoms with Crippen LogP contribution in [0.1, 0.15) is 18.7 Å². The van der Waals surface area contributed by atoms with Crippen LogP contribution >= 0.6 is 0 Å². The predicted octanol–water partition coefficient (Wildman–Crippen LogP) is 0.620. The van der Waals surface area contributed by atoms with Gasteiger partial charge in [0.2, 0.25) is 5.91 Å². The SMILES string of the molecule is C[C@@H](c1cnccn1)N1CCN(c2cnn(C)c2)C(=O)C1. The Bertz CT molecular complexity index is 625. The number of anilines is 1. The topological polar surface area (TPSA) is 67.2 Å². The second kappa shape index (κ2) is 5.61. The van der Waals surface area contributed by atoms with Crippen LogP contribution in [0.15, 0.2) is 31.0 Å². The third kappa shape index (κ3) is 2.78. The number of aromatic nitrogens is 4. The minimum Gasteiger partial charge on any atom is -0.307 e. The number of aryl methyl sites for hydroxylation is 1. The molecule has 0 N–H and O–H groups in total. The van der Waals surface area contributed by atoms with Gasteiger partial charge in [0.05, 0.1) is 30.2 Å². The third-order valence-electron chi connectivity index (χ3n) is 3.81. The molecule has 3 heterocycles. The van der Waals surface area contributed by atoms with Crippen molar-refractivity contribution < 1.29 is 4.79 Å². The Morgan fingerprint density at radius 3 is 2.71 bits per heavy atom. The van der Waals surface area contributed by atoms with Crippen molar-refractivity contribution in [3.05, 3.63) is 36.7 Å². The maximum atomic E-state index is 12.4. The fourth-order valence-corrected chi connectivity index (χ4v) is 2.56. The van der Waals surface area contributed by atoms with E-state index in [0.717, 1.165) is 17.9 Å². The Labute approximate surface area is 123 Å². The van der Waals surface area contributed by atoms with Gasteiger partial charge in [-0.1, -0.05) is 0 Å². The summed E-state index contributed by atoms with van der Waals surface area (Å²) in [4.78, 5) is 24.7. The lowest BCUT2D eigenvalue weighted by molar-refractivity contribution is -0.122. The zero-order chi connectivity index (χ0) is 14.8. The van der Waals surface area contributed by atoms with Crippen molar-refractivity contribution in [2.45, 2.75) is 13.0 Å². The Morgan fingerprint density at radius 1 is 1.24 bits per heavy atom. The molecule has 0 aromatic carbocycles. The maximum Gasteiger partial charge on any atom is 0.241 e. The fraction of sp³-hybridized carbons (Fsp3) is 0.429. The van der Waals surface area contributed by atoms with Gasteiger partial charge in [0.25, 0.3) is 0 Å². The van der Waals surface area contributed by atoms with Crippen LogP contribution in [-0.4, -0.2) is 50.2 Å². The summed E-state index contributed by atoms with van der Waals surface area (Å²) in [7, 11) is 1.85. The van der Waals surface area contributed by atoms with Crippen molar-refractivity contribution in [3.8, 4) is 0 Å². The number of nitrogens with zero attached hydrogens (tertiary/aromatic N) is 6. The number of piperazine rings is 1. The molecule has 7 heteroatoms. The zero-order valence-electron chi connectivity index (χ0n) is 12.2. The first-order valence-corrected chi connectivity index (χ1v) is 6.94. The first-order chi connectivity index (χ1) is 10.1. The summed E-state index contributed by atoms with van der Waals surface area (Å²) in [6.45, 7) is 3.90. The average Bonchev–Trinajstić information content (AvgIpc) is 2.93. The molecule has 0 bridgehead atoms. The highest BCUT2D eigenvalue weighted by molar-refractivity contribution is 5.95. The van der Waals surface area contributed by atoms with Gasteiger partial charge in [-0.3, -0.25) is 24.3 Å². The van der Waals surface area contributed by atoms with E-state index in [9.17, 15) is 4.79 Å². The minimum absolute atomic E-state index is 0.0821. The molecule has 0 spiro atoms. The number of hydrogen-bond acceptors (Lipinski definition) is 5. The summed E-state index contributed by atoms with van der Waals surface area (Å²) in [5.41, 5.74) is 1.74. The van der Waals surface area contributed by atoms with Gasteiger partial charge in [-0.05, 0) is 6.92 Å². The van der Waals surface area contributed by atoms with Crippen LogP contribution in [0.25, 0.3) is 0 Å². The van der Waals surface area contributed by atoms with Crippen LogP contribution in [0, 0.1) is 0 Å². The van der Waals surface area contributed by atoms with E-state index in [1.165, 1.54) is 0 Å². The minimum atomic E-state index is 0.0821. The molecule has 0 unspecified atom stereocenters. The molecule has 0 aliphatic carbocycles. The van der Waals surface area contributed by atoms with Crippen molar-refractivity contribution in [2.24, 2.45) is 7.05 Å². The molecule has 3 rings (SSSR count). The van der Waals surface area contributed by atoms with E-state index >= 15 is 0 Å². The monoisotopic (exact) mass is 286 g/mol. The van der Waals surface area contributed by atoms with Gasteiger partial charge in [-0.15, -0.1) is 0 Å². The van der Waals surface area contributed by atoms with E-state index < -0.39 is 0 Å². The maximum absolute atomic E-state index is 12.4. The molecule has 2 aromatic rings. The van der Waals surface area contributed by atoms with E-state index in [2.05, 4.69) is 26.9 Å². The van der Waals surface area contributed by atoms with Crippen LogP contribution in [0.2, 0.25) is 0 Å². The van der Waals surface area contributed by atoms with Crippen molar-refractivity contribution in [2.75, 3.05) is 24.5 Å². The molecule has 2 aromatic heterocycles. The van der Waals surface area contributed by atoms with Gasteiger partial charge in [-0.2, -0.15) is 5.10 Å². The van der Waals surface area contributed by atoms with Crippen LogP contribution in [0.5, 0.6) is 0 Å². The van der Waals surface area contributed by atoms with Gasteiger partial charge in [-0.25, -0.2) is 0 Å². The van der Waals surface area contributed by atoms with Gasteiger partial charge >= 0.3 is 0 Å². The summed E-state index contributed by atoms with van der Waals surface area (Å²) in [5.74, 6) is 0.0880. The molecule has 1 aliphatic heterocycles. The molecule has 7 nitrogen and oxygen atoms in total. The number of carbonyl (C=O) groups is 1. The first kappa shape index (κ1) is 13.7. The Morgan fingerprint density at radius 2 is 2.10 bits per heavy atom. The lowest BCUT2D eigenvalue weighted by Gasteiger charge is -2.36. The highest BCUT2D eigenvalue weighted by Gasteiger charge is 2.29. The molecule has 0 radical (unpaired) electrons. The highest BCUT2D eigenvalue weighted by Crippen LogP contribution is 2.22. The van der Waals surface area contributed by atoms with Crippen molar-refractivity contribution in [1.29, 1.82) is 0 Å². The fourth-order valence-electron chi connectivity index (χ4n) is 2.56. The van der Waals surface area contributed by atoms with Gasteiger partial charge < -0.3 is 4.90 Å². The van der Waals surface area contributed by atoms with Gasteiger partial charge in [0.1, 0.15) is 0 Å². The Hall–Kier alpha value is -2.28. The molecule has 1 atom stereocenters. The molecule has 1 fully saturated rings. The highest BCUT2D eigenvalue weighted by atomic mass is 16.2. The molecule has 1 aliphatic rings. The standard InChI is InChI=1S/C14H18N6O/c1-11(13-8-15-3-4-16-13)19-5-6-20(14(21)10-19)12-7-17-18(2)9-12/h3-4,7-9,11H,5-6,10H2,1-2H3/t11-/m0/s1. The molecule has 1 amide bonds. The molecular formula is C14H18N6O. The van der Waals surface area contributed by atoms with Crippen molar-refractivity contribution >= 4 is 11.6 Å². The van der Waals surface area contributed by atoms with E-state index in [4.69, 9.17) is 0 Å². The van der Waals surface area contributed by atoms with E-state index in [1.807, 2.05) is 13.2 Å². The average molecular weight is 286 g/mol. The van der Waals surface area contributed by atoms with Crippen molar-refractivity contribution in [3.63, 3.8) is 0 Å². The van der Waals surface area contributed by atoms with Crippen molar-refractivity contribution in [1.82, 2.24) is 24.6 Å². The summed E-state index contributed by atoms with van der Waals surface area (Å²) < 4.78 is 1.71. The molecule has 110 valence electrons. The lowest BCUT2D eigenvalue weighted by atomic mass is 10.1. The quantitative estimate of drug-likeness (QED) is 0.827. The first-order valence-electron chi connectivity index (χ1n) is 6.94. The lowest BCUT2D eigenvalue weighted by Crippen LogP contribution is -2.51. The van der Waals surface area contributed by atoms with Crippen LogP contribution < -0.4 is 4.90 Å². The molecule has 21 heavy (non-hydrogen) atoms. The van der Waals surface area contributed by atoms with E-state index in [0.29, 0.717) is 13.1 Å². The Balaban J connectivity index is 1.70.